The Morgan fingerprint density at radius 3 is 2.33 bits per heavy atom. The van der Waals surface area contributed by atoms with Gasteiger partial charge in [-0.25, -0.2) is 0 Å². The molecule has 2 aromatic rings. The van der Waals surface area contributed by atoms with Gasteiger partial charge in [-0.3, -0.25) is 4.79 Å². The third-order valence-electron chi connectivity index (χ3n) is 2.78. The number of aromatic nitrogens is 3. The van der Waals surface area contributed by atoms with Crippen molar-refractivity contribution in [2.24, 2.45) is 5.41 Å². The topological polar surface area (TPSA) is 47.8 Å². The summed E-state index contributed by atoms with van der Waals surface area (Å²) in [5.41, 5.74) is 2.00. The highest BCUT2D eigenvalue weighted by Crippen LogP contribution is 2.26. The zero-order valence-electron chi connectivity index (χ0n) is 11.1. The highest BCUT2D eigenvalue weighted by atomic mass is 16.1. The first-order valence-electron chi connectivity index (χ1n) is 5.92. The predicted octanol–water partition coefficient (Wildman–Crippen LogP) is 2.80. The van der Waals surface area contributed by atoms with Crippen molar-refractivity contribution in [1.29, 1.82) is 0 Å². The highest BCUT2D eigenvalue weighted by molar-refractivity contribution is 6.03. The number of aryl methyl sites for hydroxylation is 1. The van der Waals surface area contributed by atoms with Crippen LogP contribution in [0.3, 0.4) is 0 Å². The van der Waals surface area contributed by atoms with Crippen LogP contribution in [0.5, 0.6) is 0 Å². The van der Waals surface area contributed by atoms with Crippen LogP contribution in [0.1, 0.15) is 36.7 Å². The number of Topliss-reactive ketones (excluding diaryl/α,β-unsaturated/α-hetero) is 1. The number of ketones is 1. The summed E-state index contributed by atoms with van der Waals surface area (Å²) in [6.45, 7) is 7.70. The largest absolute Gasteiger partial charge is 0.294 e. The number of carbonyl (C=O) groups is 1. The van der Waals surface area contributed by atoms with Crippen LogP contribution >= 0.6 is 0 Å². The Hall–Kier alpha value is -1.97. The molecule has 4 heteroatoms. The molecule has 0 aliphatic carbocycles. The fourth-order valence-corrected chi connectivity index (χ4v) is 1.84. The van der Waals surface area contributed by atoms with Gasteiger partial charge in [0, 0.05) is 11.0 Å². The number of para-hydroxylation sites is 1. The van der Waals surface area contributed by atoms with Gasteiger partial charge in [0.15, 0.2) is 5.78 Å². The Morgan fingerprint density at radius 1 is 1.17 bits per heavy atom. The van der Waals surface area contributed by atoms with Crippen LogP contribution in [-0.2, 0) is 0 Å². The summed E-state index contributed by atoms with van der Waals surface area (Å²) >= 11 is 0. The Balaban J connectivity index is 2.63. The second-order valence-electron chi connectivity index (χ2n) is 5.37. The molecule has 0 aliphatic heterocycles. The van der Waals surface area contributed by atoms with E-state index in [1.54, 1.807) is 12.4 Å². The van der Waals surface area contributed by atoms with Gasteiger partial charge in [-0.15, -0.1) is 0 Å². The molecule has 1 aromatic heterocycles. The van der Waals surface area contributed by atoms with E-state index in [-0.39, 0.29) is 5.78 Å². The van der Waals surface area contributed by atoms with E-state index in [2.05, 4.69) is 10.2 Å². The molecule has 0 fully saturated rings. The Kier molecular flexibility index (Phi) is 3.03. The van der Waals surface area contributed by atoms with Gasteiger partial charge in [0.25, 0.3) is 0 Å². The fourth-order valence-electron chi connectivity index (χ4n) is 1.84. The maximum Gasteiger partial charge on any atom is 0.170 e. The van der Waals surface area contributed by atoms with Crippen molar-refractivity contribution >= 4 is 5.78 Å². The normalized spacial score (nSPS) is 11.6. The number of carbonyl (C=O) groups excluding carboxylic acids is 1. The lowest BCUT2D eigenvalue weighted by atomic mass is 9.85. The van der Waals surface area contributed by atoms with Gasteiger partial charge in [-0.05, 0) is 18.6 Å². The molecule has 0 amide bonds. The summed E-state index contributed by atoms with van der Waals surface area (Å²) in [7, 11) is 0. The van der Waals surface area contributed by atoms with E-state index in [0.29, 0.717) is 5.56 Å². The molecule has 2 rings (SSSR count). The molecule has 0 atom stereocenters. The maximum atomic E-state index is 12.5. The second kappa shape index (κ2) is 4.37. The fraction of sp³-hybridized carbons (Fsp3) is 0.357. The molecule has 0 spiro atoms. The third kappa shape index (κ3) is 2.18. The Morgan fingerprint density at radius 2 is 1.78 bits per heavy atom. The van der Waals surface area contributed by atoms with Crippen molar-refractivity contribution in [3.63, 3.8) is 0 Å². The minimum Gasteiger partial charge on any atom is -0.294 e. The minimum absolute atomic E-state index is 0.0958. The zero-order valence-corrected chi connectivity index (χ0v) is 11.1. The van der Waals surface area contributed by atoms with E-state index in [9.17, 15) is 4.79 Å². The average Bonchev–Trinajstić information content (AvgIpc) is 2.79. The summed E-state index contributed by atoms with van der Waals surface area (Å²) in [6, 6.07) is 5.68. The van der Waals surface area contributed by atoms with Gasteiger partial charge in [0.2, 0.25) is 0 Å². The quantitative estimate of drug-likeness (QED) is 0.762. The van der Waals surface area contributed by atoms with E-state index >= 15 is 0 Å². The maximum absolute atomic E-state index is 12.5. The molecule has 1 aromatic carbocycles. The van der Waals surface area contributed by atoms with Crippen molar-refractivity contribution < 1.29 is 4.79 Å². The number of rotatable bonds is 2. The zero-order chi connectivity index (χ0) is 13.3. The Bertz CT molecular complexity index is 565. The molecule has 0 bridgehead atoms. The van der Waals surface area contributed by atoms with Gasteiger partial charge in [-0.1, -0.05) is 32.9 Å². The summed E-state index contributed by atoms with van der Waals surface area (Å²) < 4.78 is 0. The van der Waals surface area contributed by atoms with Crippen molar-refractivity contribution in [3.8, 4) is 5.69 Å². The van der Waals surface area contributed by atoms with E-state index in [0.717, 1.165) is 11.3 Å². The van der Waals surface area contributed by atoms with E-state index in [1.807, 2.05) is 45.9 Å². The monoisotopic (exact) mass is 243 g/mol. The average molecular weight is 243 g/mol. The second-order valence-corrected chi connectivity index (χ2v) is 5.37. The lowest BCUT2D eigenvalue weighted by molar-refractivity contribution is 0.0858. The lowest BCUT2D eigenvalue weighted by Gasteiger charge is -2.19. The molecule has 1 heterocycles. The van der Waals surface area contributed by atoms with Gasteiger partial charge in [0.1, 0.15) is 0 Å². The minimum atomic E-state index is -0.421. The smallest absolute Gasteiger partial charge is 0.170 e. The van der Waals surface area contributed by atoms with Crippen LogP contribution in [-0.4, -0.2) is 20.8 Å². The van der Waals surface area contributed by atoms with E-state index in [1.165, 1.54) is 4.80 Å². The van der Waals surface area contributed by atoms with Crippen molar-refractivity contribution in [2.75, 3.05) is 0 Å². The standard InChI is InChI=1S/C14H17N3O/c1-10-6-5-7-11(13(18)14(2,3)4)12(10)17-15-8-9-16-17/h5-9H,1-4H3. The van der Waals surface area contributed by atoms with Gasteiger partial charge in [0.05, 0.1) is 18.1 Å². The van der Waals surface area contributed by atoms with Crippen LogP contribution in [0.4, 0.5) is 0 Å². The third-order valence-corrected chi connectivity index (χ3v) is 2.78. The van der Waals surface area contributed by atoms with Crippen LogP contribution in [0.2, 0.25) is 0 Å². The van der Waals surface area contributed by atoms with Crippen LogP contribution in [0.25, 0.3) is 5.69 Å². The van der Waals surface area contributed by atoms with Crippen molar-refractivity contribution in [2.45, 2.75) is 27.7 Å². The first-order chi connectivity index (χ1) is 8.41. The van der Waals surface area contributed by atoms with Crippen molar-refractivity contribution in [1.82, 2.24) is 15.0 Å². The van der Waals surface area contributed by atoms with Crippen LogP contribution in [0, 0.1) is 12.3 Å². The van der Waals surface area contributed by atoms with Crippen LogP contribution in [0.15, 0.2) is 30.6 Å². The molecule has 4 nitrogen and oxygen atoms in total. The molecule has 0 radical (unpaired) electrons. The first kappa shape index (κ1) is 12.5. The van der Waals surface area contributed by atoms with E-state index in [4.69, 9.17) is 0 Å². The number of nitrogens with zero attached hydrogens (tertiary/aromatic N) is 3. The van der Waals surface area contributed by atoms with E-state index < -0.39 is 5.41 Å². The number of benzene rings is 1. The summed E-state index contributed by atoms with van der Waals surface area (Å²) in [5, 5.41) is 8.25. The Labute approximate surface area is 107 Å². The summed E-state index contributed by atoms with van der Waals surface area (Å²) in [6.07, 6.45) is 3.22. The molecule has 0 unspecified atom stereocenters. The molecule has 18 heavy (non-hydrogen) atoms. The summed E-state index contributed by atoms with van der Waals surface area (Å²) in [4.78, 5) is 14.0. The lowest BCUT2D eigenvalue weighted by Crippen LogP contribution is -2.22. The van der Waals surface area contributed by atoms with Gasteiger partial charge in [-0.2, -0.15) is 15.0 Å². The number of hydrogen-bond acceptors (Lipinski definition) is 3. The van der Waals surface area contributed by atoms with Crippen molar-refractivity contribution in [3.05, 3.63) is 41.7 Å². The predicted molar refractivity (Wildman–Crippen MR) is 69.9 cm³/mol. The molecule has 94 valence electrons. The van der Waals surface area contributed by atoms with Crippen LogP contribution < -0.4 is 0 Å². The van der Waals surface area contributed by atoms with Gasteiger partial charge < -0.3 is 0 Å². The molecule has 0 aliphatic rings. The van der Waals surface area contributed by atoms with Gasteiger partial charge >= 0.3 is 0 Å². The number of hydrogen-bond donors (Lipinski definition) is 0. The molecular formula is C14H17N3O. The highest BCUT2D eigenvalue weighted by Gasteiger charge is 2.26. The molecular weight excluding hydrogens is 226 g/mol. The SMILES string of the molecule is Cc1cccc(C(=O)C(C)(C)C)c1-n1nccn1. The molecule has 0 saturated heterocycles. The molecule has 0 N–H and O–H groups in total. The first-order valence-corrected chi connectivity index (χ1v) is 5.92. The molecule has 0 saturated carbocycles. The summed E-state index contributed by atoms with van der Waals surface area (Å²) in [5.74, 6) is 0.0958.